The summed E-state index contributed by atoms with van der Waals surface area (Å²) in [6.07, 6.45) is -0.355. The van der Waals surface area contributed by atoms with Gasteiger partial charge in [-0.15, -0.1) is 13.2 Å². The molecule has 1 aliphatic heterocycles. The van der Waals surface area contributed by atoms with Crippen LogP contribution in [0.5, 0.6) is 5.75 Å². The summed E-state index contributed by atoms with van der Waals surface area (Å²) in [5.41, 5.74) is 2.87. The van der Waals surface area contributed by atoms with E-state index in [1.165, 1.54) is 24.4 Å². The summed E-state index contributed by atoms with van der Waals surface area (Å²) in [5, 5.41) is 3.13. The van der Waals surface area contributed by atoms with Crippen molar-refractivity contribution in [1.82, 2.24) is 9.88 Å². The van der Waals surface area contributed by atoms with Gasteiger partial charge in [-0.2, -0.15) is 10.6 Å². The minimum Gasteiger partial charge on any atom is -0.406 e. The quantitative estimate of drug-likeness (QED) is 0.547. The fraction of sp³-hybridized carbons (Fsp3) is 0.455. The van der Waals surface area contributed by atoms with Gasteiger partial charge in [0, 0.05) is 36.6 Å². The van der Waals surface area contributed by atoms with Crippen molar-refractivity contribution in [3.8, 4) is 5.75 Å². The lowest BCUT2D eigenvalue weighted by Gasteiger charge is -2.41. The van der Waals surface area contributed by atoms with Gasteiger partial charge in [0.05, 0.1) is 17.1 Å². The molecule has 2 bridgehead atoms. The molecule has 2 atom stereocenters. The van der Waals surface area contributed by atoms with Crippen LogP contribution in [0.4, 0.5) is 24.7 Å². The highest BCUT2D eigenvalue weighted by Crippen LogP contribution is 2.56. The normalized spacial score (nSPS) is 24.3. The number of amides is 1. The number of carbonyl (C=O) groups excluding carboxylic acids is 1. The van der Waals surface area contributed by atoms with Crippen molar-refractivity contribution >= 4 is 28.0 Å². The predicted octanol–water partition coefficient (Wildman–Crippen LogP) is 5.29. The van der Waals surface area contributed by atoms with Crippen molar-refractivity contribution in [3.63, 3.8) is 0 Å². The molecule has 2 heterocycles. The maximum Gasteiger partial charge on any atom is 0.573 e. The van der Waals surface area contributed by atoms with Crippen LogP contribution < -0.4 is 10.1 Å². The molecule has 33 heavy (non-hydrogen) atoms. The summed E-state index contributed by atoms with van der Waals surface area (Å²) < 4.78 is 61.5. The fourth-order valence-corrected chi connectivity index (χ4v) is 6.41. The molecule has 3 N–H and O–H groups in total. The molecule has 1 amide bonds. The van der Waals surface area contributed by atoms with E-state index >= 15 is 0 Å². The van der Waals surface area contributed by atoms with Crippen molar-refractivity contribution < 1.29 is 31.8 Å². The Kier molecular flexibility index (Phi) is 5.45. The lowest BCUT2D eigenvalue weighted by molar-refractivity contribution is -0.274. The van der Waals surface area contributed by atoms with E-state index in [1.807, 2.05) is 0 Å². The third kappa shape index (κ3) is 4.49. The van der Waals surface area contributed by atoms with Crippen molar-refractivity contribution in [2.75, 3.05) is 29.9 Å². The average Bonchev–Trinajstić information content (AvgIpc) is 3.35. The maximum absolute atomic E-state index is 13.3. The Bertz CT molecular complexity index is 1090. The van der Waals surface area contributed by atoms with E-state index in [0.717, 1.165) is 30.4 Å². The molecule has 1 saturated carbocycles. The number of benzene rings is 1. The second-order valence-electron chi connectivity index (χ2n) is 8.76. The number of aromatic nitrogens is 1. The Morgan fingerprint density at radius 1 is 1.15 bits per heavy atom. The lowest BCUT2D eigenvalue weighted by atomic mass is 9.88. The fourth-order valence-electron chi connectivity index (χ4n) is 5.18. The number of hydrogen-bond acceptors (Lipinski definition) is 6. The third-order valence-corrected chi connectivity index (χ3v) is 8.30. The van der Waals surface area contributed by atoms with Crippen molar-refractivity contribution in [1.29, 1.82) is 0 Å². The number of nitrogens with zero attached hydrogens (tertiary/aromatic N) is 2. The first kappa shape index (κ1) is 22.3. The van der Waals surface area contributed by atoms with Crippen LogP contribution in [-0.2, 0) is 0 Å². The van der Waals surface area contributed by atoms with E-state index in [-0.39, 0.29) is 48.1 Å². The average molecular weight is 484 g/mol. The number of hydrogen-bond donors (Lipinski definition) is 3. The second kappa shape index (κ2) is 8.07. The molecule has 1 aromatic carbocycles. The summed E-state index contributed by atoms with van der Waals surface area (Å²) in [5.74, 6) is 0.910. The van der Waals surface area contributed by atoms with Gasteiger partial charge in [0.25, 0.3) is 5.91 Å². The Balaban J connectivity index is 1.44. The number of halogens is 3. The van der Waals surface area contributed by atoms with Gasteiger partial charge in [-0.05, 0) is 48.8 Å². The third-order valence-electron chi connectivity index (χ3n) is 6.63. The standard InChI is InChI=1S/C22H24F3N3O4S/c23-22(24,25)32-16-3-1-2-15(11-16)27-20-19-14-5-4-13(10-14)18(19)17(12-26-20)21(29)28-6-8-33(30,31)9-7-28/h1-3,11-14,30-31H,4-10H2,(H,26,27). The van der Waals surface area contributed by atoms with Crippen molar-refractivity contribution in [3.05, 3.63) is 47.2 Å². The number of fused-ring (bicyclic) bond motifs is 5. The predicted molar refractivity (Wildman–Crippen MR) is 118 cm³/mol. The molecule has 7 nitrogen and oxygen atoms in total. The highest BCUT2D eigenvalue weighted by Gasteiger charge is 2.42. The van der Waals surface area contributed by atoms with E-state index in [2.05, 4.69) is 15.0 Å². The van der Waals surface area contributed by atoms with E-state index in [1.54, 1.807) is 11.0 Å². The van der Waals surface area contributed by atoms with E-state index < -0.39 is 17.0 Å². The van der Waals surface area contributed by atoms with Crippen LogP contribution in [0.2, 0.25) is 0 Å². The second-order valence-corrected chi connectivity index (χ2v) is 11.2. The van der Waals surface area contributed by atoms with Crippen LogP contribution in [0.3, 0.4) is 0 Å². The van der Waals surface area contributed by atoms with Crippen LogP contribution in [0.15, 0.2) is 30.5 Å². The molecule has 11 heteroatoms. The van der Waals surface area contributed by atoms with Crippen LogP contribution in [-0.4, -0.2) is 55.9 Å². The first-order valence-electron chi connectivity index (χ1n) is 10.8. The molecule has 1 aromatic heterocycles. The molecule has 2 fully saturated rings. The van der Waals surface area contributed by atoms with Gasteiger partial charge in [-0.3, -0.25) is 13.9 Å². The van der Waals surface area contributed by atoms with Gasteiger partial charge >= 0.3 is 6.36 Å². The van der Waals surface area contributed by atoms with Gasteiger partial charge in [0.15, 0.2) is 0 Å². The number of nitrogens with one attached hydrogen (secondary N) is 1. The number of anilines is 2. The zero-order valence-electron chi connectivity index (χ0n) is 17.6. The first-order valence-corrected chi connectivity index (χ1v) is 12.7. The Hall–Kier alpha value is -2.50. The van der Waals surface area contributed by atoms with Gasteiger partial charge in [0.1, 0.15) is 11.6 Å². The van der Waals surface area contributed by atoms with E-state index in [9.17, 15) is 27.1 Å². The molecule has 2 aromatic rings. The highest BCUT2D eigenvalue weighted by molar-refractivity contribution is 8.24. The van der Waals surface area contributed by atoms with Gasteiger partial charge < -0.3 is 15.0 Å². The number of carbonyl (C=O) groups is 1. The number of pyridine rings is 1. The molecule has 2 unspecified atom stereocenters. The van der Waals surface area contributed by atoms with Crippen molar-refractivity contribution in [2.45, 2.75) is 37.5 Å². The summed E-state index contributed by atoms with van der Waals surface area (Å²) in [6.45, 7) is 0.575. The molecule has 5 rings (SSSR count). The zero-order chi connectivity index (χ0) is 23.4. The monoisotopic (exact) mass is 483 g/mol. The maximum atomic E-state index is 13.3. The van der Waals surface area contributed by atoms with Crippen LogP contribution in [0.1, 0.15) is 52.6 Å². The number of rotatable bonds is 4. The summed E-state index contributed by atoms with van der Waals surface area (Å²) in [4.78, 5) is 19.4. The summed E-state index contributed by atoms with van der Waals surface area (Å²) >= 11 is 0. The summed E-state index contributed by atoms with van der Waals surface area (Å²) in [6, 6.07) is 5.60. The molecular formula is C22H24F3N3O4S. The number of alkyl halides is 3. The van der Waals surface area contributed by atoms with Crippen LogP contribution in [0, 0.1) is 0 Å². The summed E-state index contributed by atoms with van der Waals surface area (Å²) in [7, 11) is -2.61. The topological polar surface area (TPSA) is 94.9 Å². The van der Waals surface area contributed by atoms with Crippen LogP contribution in [0.25, 0.3) is 0 Å². The molecular weight excluding hydrogens is 459 g/mol. The molecule has 1 saturated heterocycles. The highest BCUT2D eigenvalue weighted by atomic mass is 32.3. The smallest absolute Gasteiger partial charge is 0.406 e. The van der Waals surface area contributed by atoms with Crippen molar-refractivity contribution in [2.24, 2.45) is 0 Å². The van der Waals surface area contributed by atoms with E-state index in [0.29, 0.717) is 17.1 Å². The lowest BCUT2D eigenvalue weighted by Crippen LogP contribution is -2.42. The van der Waals surface area contributed by atoms with Gasteiger partial charge in [0.2, 0.25) is 0 Å². The largest absolute Gasteiger partial charge is 0.573 e. The Morgan fingerprint density at radius 2 is 1.85 bits per heavy atom. The minimum atomic E-state index is -4.78. The SMILES string of the molecule is O=C(c1cnc(Nc2cccc(OC(F)(F)F)c2)c2c1C1CCC2C1)N1CCS(O)(O)CC1. The van der Waals surface area contributed by atoms with Crippen LogP contribution >= 0.6 is 10.6 Å². The first-order chi connectivity index (χ1) is 15.6. The zero-order valence-corrected chi connectivity index (χ0v) is 18.5. The molecule has 0 radical (unpaired) electrons. The Labute approximate surface area is 190 Å². The van der Waals surface area contributed by atoms with Gasteiger partial charge in [-0.1, -0.05) is 6.07 Å². The number of ether oxygens (including phenoxy) is 1. The minimum absolute atomic E-state index is 0.159. The molecule has 178 valence electrons. The molecule has 0 spiro atoms. The molecule has 2 aliphatic carbocycles. The Morgan fingerprint density at radius 3 is 2.55 bits per heavy atom. The molecule has 3 aliphatic rings. The van der Waals surface area contributed by atoms with E-state index in [4.69, 9.17) is 0 Å². The van der Waals surface area contributed by atoms with Gasteiger partial charge in [-0.25, -0.2) is 4.98 Å².